The molecule has 3 nitrogen and oxygen atoms in total. The van der Waals surface area contributed by atoms with Crippen molar-refractivity contribution in [3.05, 3.63) is 0 Å². The fourth-order valence-electron chi connectivity index (χ4n) is 2.02. The van der Waals surface area contributed by atoms with E-state index in [1.807, 2.05) is 0 Å². The number of hydrogen-bond acceptors (Lipinski definition) is 3. The summed E-state index contributed by atoms with van der Waals surface area (Å²) in [6, 6.07) is 0. The lowest BCUT2D eigenvalue weighted by Gasteiger charge is -2.32. The van der Waals surface area contributed by atoms with Crippen LogP contribution in [0.25, 0.3) is 0 Å². The molecule has 1 fully saturated rings. The van der Waals surface area contributed by atoms with E-state index in [0.29, 0.717) is 6.54 Å². The van der Waals surface area contributed by atoms with Gasteiger partial charge in [-0.15, -0.1) is 0 Å². The summed E-state index contributed by atoms with van der Waals surface area (Å²) in [5, 5.41) is 0. The molecule has 0 aromatic heterocycles. The maximum absolute atomic E-state index is 11.0. The van der Waals surface area contributed by atoms with Crippen molar-refractivity contribution in [1.29, 1.82) is 0 Å². The average Bonchev–Trinajstić information content (AvgIpc) is 2.18. The molecule has 0 unspecified atom stereocenters. The minimum atomic E-state index is -0.118. The molecule has 1 saturated heterocycles. The van der Waals surface area contributed by atoms with Gasteiger partial charge in [0.05, 0.1) is 13.7 Å². The van der Waals surface area contributed by atoms with Gasteiger partial charge in [-0.3, -0.25) is 9.69 Å². The van der Waals surface area contributed by atoms with Crippen molar-refractivity contribution in [3.63, 3.8) is 0 Å². The molecule has 0 aliphatic carbocycles. The van der Waals surface area contributed by atoms with Gasteiger partial charge in [-0.05, 0) is 37.8 Å². The lowest BCUT2D eigenvalue weighted by Crippen LogP contribution is -2.38. The Labute approximate surface area is 86.4 Å². The summed E-state index contributed by atoms with van der Waals surface area (Å²) >= 11 is 0. The monoisotopic (exact) mass is 199 g/mol. The molecular formula is C11H21NO2. The molecule has 0 atom stereocenters. The zero-order chi connectivity index (χ0) is 10.6. The minimum Gasteiger partial charge on any atom is -0.468 e. The molecule has 1 rings (SSSR count). The van der Waals surface area contributed by atoms with Crippen LogP contribution in [0.15, 0.2) is 0 Å². The molecule has 1 aliphatic heterocycles. The van der Waals surface area contributed by atoms with Crippen molar-refractivity contribution >= 4 is 5.97 Å². The van der Waals surface area contributed by atoms with Crippen LogP contribution in [0.1, 0.15) is 26.7 Å². The highest BCUT2D eigenvalue weighted by Gasteiger charge is 2.22. The van der Waals surface area contributed by atoms with Gasteiger partial charge in [-0.25, -0.2) is 0 Å². The molecule has 3 heteroatoms. The number of esters is 1. The van der Waals surface area contributed by atoms with Crippen LogP contribution >= 0.6 is 0 Å². The second kappa shape index (κ2) is 5.35. The van der Waals surface area contributed by atoms with Gasteiger partial charge in [-0.2, -0.15) is 0 Å². The Hall–Kier alpha value is -0.570. The van der Waals surface area contributed by atoms with Crippen LogP contribution < -0.4 is 0 Å². The van der Waals surface area contributed by atoms with Crippen LogP contribution in [0.4, 0.5) is 0 Å². The minimum absolute atomic E-state index is 0.118. The zero-order valence-corrected chi connectivity index (χ0v) is 9.45. The normalized spacial score (nSPS) is 20.0. The van der Waals surface area contributed by atoms with E-state index in [4.69, 9.17) is 0 Å². The standard InChI is InChI=1S/C11H21NO2/c1-9(2)10-4-6-12(7-5-10)8-11(13)14-3/h9-10H,4-8H2,1-3H3. The number of ether oxygens (including phenoxy) is 1. The number of methoxy groups -OCH3 is 1. The predicted molar refractivity (Wildman–Crippen MR) is 56.0 cm³/mol. The van der Waals surface area contributed by atoms with Gasteiger partial charge in [0.1, 0.15) is 0 Å². The summed E-state index contributed by atoms with van der Waals surface area (Å²) in [5.41, 5.74) is 0. The fourth-order valence-corrected chi connectivity index (χ4v) is 2.02. The molecule has 1 heterocycles. The van der Waals surface area contributed by atoms with E-state index in [-0.39, 0.29) is 5.97 Å². The largest absolute Gasteiger partial charge is 0.468 e. The number of likely N-dealkylation sites (tertiary alicyclic amines) is 1. The molecule has 0 radical (unpaired) electrons. The average molecular weight is 199 g/mol. The maximum atomic E-state index is 11.0. The predicted octanol–water partition coefficient (Wildman–Crippen LogP) is 1.53. The van der Waals surface area contributed by atoms with Gasteiger partial charge in [-0.1, -0.05) is 13.8 Å². The summed E-state index contributed by atoms with van der Waals surface area (Å²) in [6.07, 6.45) is 2.43. The van der Waals surface area contributed by atoms with Crippen LogP contribution in [-0.2, 0) is 9.53 Å². The van der Waals surface area contributed by atoms with Gasteiger partial charge in [0.15, 0.2) is 0 Å². The molecule has 0 spiro atoms. The van der Waals surface area contributed by atoms with Gasteiger partial charge in [0.25, 0.3) is 0 Å². The summed E-state index contributed by atoms with van der Waals surface area (Å²) in [4.78, 5) is 13.2. The van der Waals surface area contributed by atoms with E-state index in [1.165, 1.54) is 20.0 Å². The summed E-state index contributed by atoms with van der Waals surface area (Å²) < 4.78 is 4.65. The van der Waals surface area contributed by atoms with Crippen LogP contribution in [0.2, 0.25) is 0 Å². The molecule has 0 bridgehead atoms. The van der Waals surface area contributed by atoms with Crippen molar-refractivity contribution in [2.75, 3.05) is 26.7 Å². The Balaban J connectivity index is 2.25. The Kier molecular flexibility index (Phi) is 4.39. The first-order valence-electron chi connectivity index (χ1n) is 5.42. The second-order valence-electron chi connectivity index (χ2n) is 4.43. The number of rotatable bonds is 3. The number of piperidine rings is 1. The molecule has 14 heavy (non-hydrogen) atoms. The molecule has 0 saturated carbocycles. The van der Waals surface area contributed by atoms with Crippen LogP contribution in [0, 0.1) is 11.8 Å². The van der Waals surface area contributed by atoms with Crippen molar-refractivity contribution in [1.82, 2.24) is 4.90 Å². The third-order valence-electron chi connectivity index (χ3n) is 3.16. The summed E-state index contributed by atoms with van der Waals surface area (Å²) in [7, 11) is 1.45. The number of hydrogen-bond donors (Lipinski definition) is 0. The van der Waals surface area contributed by atoms with Crippen LogP contribution in [0.3, 0.4) is 0 Å². The molecule has 0 N–H and O–H groups in total. The zero-order valence-electron chi connectivity index (χ0n) is 9.45. The topological polar surface area (TPSA) is 29.5 Å². The van der Waals surface area contributed by atoms with E-state index in [0.717, 1.165) is 24.9 Å². The number of nitrogens with zero attached hydrogens (tertiary/aromatic N) is 1. The van der Waals surface area contributed by atoms with Gasteiger partial charge in [0, 0.05) is 0 Å². The molecule has 1 aliphatic rings. The fraction of sp³-hybridized carbons (Fsp3) is 0.909. The van der Waals surface area contributed by atoms with Crippen molar-refractivity contribution in [3.8, 4) is 0 Å². The van der Waals surface area contributed by atoms with Crippen LogP contribution in [0.5, 0.6) is 0 Å². The SMILES string of the molecule is COC(=O)CN1CCC(C(C)C)CC1. The Bertz CT molecular complexity index is 184. The highest BCUT2D eigenvalue weighted by molar-refractivity contribution is 5.71. The molecule has 0 aromatic carbocycles. The highest BCUT2D eigenvalue weighted by atomic mass is 16.5. The van der Waals surface area contributed by atoms with Crippen molar-refractivity contribution in [2.24, 2.45) is 11.8 Å². The first-order valence-corrected chi connectivity index (χ1v) is 5.42. The quantitative estimate of drug-likeness (QED) is 0.646. The lowest BCUT2D eigenvalue weighted by molar-refractivity contribution is -0.142. The van der Waals surface area contributed by atoms with Gasteiger partial charge >= 0.3 is 5.97 Å². The van der Waals surface area contributed by atoms with E-state index in [1.54, 1.807) is 0 Å². The van der Waals surface area contributed by atoms with Gasteiger partial charge in [0.2, 0.25) is 0 Å². The van der Waals surface area contributed by atoms with E-state index in [2.05, 4.69) is 23.5 Å². The third-order valence-corrected chi connectivity index (χ3v) is 3.16. The smallest absolute Gasteiger partial charge is 0.319 e. The molecule has 82 valence electrons. The Morgan fingerprint density at radius 1 is 1.43 bits per heavy atom. The maximum Gasteiger partial charge on any atom is 0.319 e. The first-order chi connectivity index (χ1) is 6.63. The van der Waals surface area contributed by atoms with Crippen LogP contribution in [-0.4, -0.2) is 37.6 Å². The number of carbonyl (C=O) groups excluding carboxylic acids is 1. The molecular weight excluding hydrogens is 178 g/mol. The van der Waals surface area contributed by atoms with E-state index >= 15 is 0 Å². The van der Waals surface area contributed by atoms with Crippen molar-refractivity contribution in [2.45, 2.75) is 26.7 Å². The number of carbonyl (C=O) groups is 1. The second-order valence-corrected chi connectivity index (χ2v) is 4.43. The van der Waals surface area contributed by atoms with E-state index < -0.39 is 0 Å². The van der Waals surface area contributed by atoms with Gasteiger partial charge < -0.3 is 4.74 Å². The third kappa shape index (κ3) is 3.29. The molecule has 0 aromatic rings. The lowest BCUT2D eigenvalue weighted by atomic mass is 9.87. The van der Waals surface area contributed by atoms with E-state index in [9.17, 15) is 4.79 Å². The van der Waals surface area contributed by atoms with Crippen molar-refractivity contribution < 1.29 is 9.53 Å². The summed E-state index contributed by atoms with van der Waals surface area (Å²) in [6.45, 7) is 7.10. The molecule has 0 amide bonds. The highest BCUT2D eigenvalue weighted by Crippen LogP contribution is 2.23. The Morgan fingerprint density at radius 2 is 2.00 bits per heavy atom. The Morgan fingerprint density at radius 3 is 2.43 bits per heavy atom. The first kappa shape index (κ1) is 11.5. The summed E-state index contributed by atoms with van der Waals surface area (Å²) in [5.74, 6) is 1.49.